The summed E-state index contributed by atoms with van der Waals surface area (Å²) in [7, 11) is 1.94. The molecule has 1 aromatic carbocycles. The highest BCUT2D eigenvalue weighted by atomic mass is 79.9. The van der Waals surface area contributed by atoms with E-state index in [2.05, 4.69) is 15.9 Å². The number of halogens is 1. The maximum atomic E-state index is 11.0. The van der Waals surface area contributed by atoms with Crippen LogP contribution in [0.5, 0.6) is 0 Å². The van der Waals surface area contributed by atoms with Gasteiger partial charge in [-0.05, 0) is 38.6 Å². The van der Waals surface area contributed by atoms with Gasteiger partial charge >= 0.3 is 5.97 Å². The molecule has 0 aromatic heterocycles. The monoisotopic (exact) mass is 299 g/mol. The Morgan fingerprint density at radius 3 is 2.65 bits per heavy atom. The average molecular weight is 300 g/mol. The molecule has 0 aliphatic rings. The maximum Gasteiger partial charge on any atom is 0.310 e. The molecule has 0 saturated heterocycles. The fourth-order valence-electron chi connectivity index (χ4n) is 1.75. The van der Waals surface area contributed by atoms with Crippen LogP contribution in [0.3, 0.4) is 0 Å². The minimum absolute atomic E-state index is 0.523. The number of nitrogens with zero attached hydrogens (tertiary/aromatic N) is 1. The van der Waals surface area contributed by atoms with Gasteiger partial charge in [0.05, 0.1) is 5.41 Å². The van der Waals surface area contributed by atoms with Crippen LogP contribution in [0.15, 0.2) is 28.7 Å². The van der Waals surface area contributed by atoms with Crippen LogP contribution in [-0.4, -0.2) is 29.6 Å². The van der Waals surface area contributed by atoms with Crippen LogP contribution in [0.25, 0.3) is 0 Å². The lowest BCUT2D eigenvalue weighted by Gasteiger charge is -2.26. The Morgan fingerprint density at radius 1 is 1.47 bits per heavy atom. The van der Waals surface area contributed by atoms with Crippen molar-refractivity contribution in [1.82, 2.24) is 4.90 Å². The number of aliphatic carboxylic acids is 1. The normalized spacial score (nSPS) is 11.8. The van der Waals surface area contributed by atoms with E-state index in [0.717, 1.165) is 11.0 Å². The quantitative estimate of drug-likeness (QED) is 0.909. The van der Waals surface area contributed by atoms with Gasteiger partial charge in [0.2, 0.25) is 0 Å². The minimum atomic E-state index is -0.765. The first-order chi connectivity index (χ1) is 7.81. The zero-order chi connectivity index (χ0) is 13.1. The number of carbonyl (C=O) groups is 1. The highest BCUT2D eigenvalue weighted by molar-refractivity contribution is 9.10. The lowest BCUT2D eigenvalue weighted by Crippen LogP contribution is -2.36. The van der Waals surface area contributed by atoms with Crippen molar-refractivity contribution in [3.8, 4) is 0 Å². The summed E-state index contributed by atoms with van der Waals surface area (Å²) in [4.78, 5) is 13.1. The van der Waals surface area contributed by atoms with Gasteiger partial charge in [-0.15, -0.1) is 0 Å². The fraction of sp³-hybridized carbons (Fsp3) is 0.462. The van der Waals surface area contributed by atoms with Crippen LogP contribution in [-0.2, 0) is 11.3 Å². The molecule has 0 amide bonds. The van der Waals surface area contributed by atoms with Gasteiger partial charge in [0.1, 0.15) is 0 Å². The molecule has 0 aliphatic heterocycles. The molecule has 0 unspecified atom stereocenters. The SMILES string of the molecule is CN(Cc1cccc(Br)c1)CC(C)(C)C(=O)O. The molecule has 0 bridgehead atoms. The van der Waals surface area contributed by atoms with Crippen molar-refractivity contribution in [1.29, 1.82) is 0 Å². The van der Waals surface area contributed by atoms with E-state index in [9.17, 15) is 4.79 Å². The second-order valence-corrected chi connectivity index (χ2v) is 5.91. The van der Waals surface area contributed by atoms with Gasteiger partial charge in [0.25, 0.3) is 0 Å². The van der Waals surface area contributed by atoms with Gasteiger partial charge in [-0.3, -0.25) is 4.79 Å². The first-order valence-electron chi connectivity index (χ1n) is 5.47. The third-order valence-corrected chi connectivity index (χ3v) is 3.08. The van der Waals surface area contributed by atoms with Gasteiger partial charge < -0.3 is 10.0 Å². The number of rotatable bonds is 5. The molecule has 0 saturated carbocycles. The summed E-state index contributed by atoms with van der Waals surface area (Å²) in [6, 6.07) is 8.04. The Bertz CT molecular complexity index is 404. The van der Waals surface area contributed by atoms with Crippen molar-refractivity contribution < 1.29 is 9.90 Å². The summed E-state index contributed by atoms with van der Waals surface area (Å²) in [6.45, 7) is 4.75. The van der Waals surface area contributed by atoms with E-state index in [1.165, 1.54) is 5.56 Å². The van der Waals surface area contributed by atoms with E-state index in [1.54, 1.807) is 13.8 Å². The number of carboxylic acid groups (broad SMARTS) is 1. The zero-order valence-electron chi connectivity index (χ0n) is 10.4. The topological polar surface area (TPSA) is 40.5 Å². The maximum absolute atomic E-state index is 11.0. The largest absolute Gasteiger partial charge is 0.481 e. The molecule has 17 heavy (non-hydrogen) atoms. The summed E-state index contributed by atoms with van der Waals surface area (Å²) in [5.41, 5.74) is 0.448. The number of carboxylic acids is 1. The third kappa shape index (κ3) is 4.48. The van der Waals surface area contributed by atoms with E-state index >= 15 is 0 Å². The number of hydrogen-bond acceptors (Lipinski definition) is 2. The summed E-state index contributed by atoms with van der Waals surface area (Å²) in [5.74, 6) is -0.765. The Labute approximate surface area is 111 Å². The standard InChI is InChI=1S/C13H18BrNO2/c1-13(2,12(16)17)9-15(3)8-10-5-4-6-11(14)7-10/h4-7H,8-9H2,1-3H3,(H,16,17). The molecule has 1 aromatic rings. The van der Waals surface area contributed by atoms with E-state index < -0.39 is 11.4 Å². The molecule has 4 heteroatoms. The second-order valence-electron chi connectivity index (χ2n) is 4.99. The first-order valence-corrected chi connectivity index (χ1v) is 6.27. The van der Waals surface area contributed by atoms with Crippen molar-refractivity contribution in [2.45, 2.75) is 20.4 Å². The average Bonchev–Trinajstić information content (AvgIpc) is 2.15. The molecule has 94 valence electrons. The fourth-order valence-corrected chi connectivity index (χ4v) is 2.19. The molecule has 0 aliphatic carbocycles. The third-order valence-electron chi connectivity index (χ3n) is 2.59. The molecule has 0 atom stereocenters. The molecule has 0 spiro atoms. The van der Waals surface area contributed by atoms with Crippen molar-refractivity contribution in [2.24, 2.45) is 5.41 Å². The van der Waals surface area contributed by atoms with Crippen LogP contribution >= 0.6 is 15.9 Å². The predicted molar refractivity (Wildman–Crippen MR) is 71.9 cm³/mol. The Balaban J connectivity index is 2.61. The van der Waals surface area contributed by atoms with Gasteiger partial charge in [0, 0.05) is 17.6 Å². The van der Waals surface area contributed by atoms with Crippen LogP contribution in [0, 0.1) is 5.41 Å². The van der Waals surface area contributed by atoms with E-state index in [0.29, 0.717) is 6.54 Å². The molecular weight excluding hydrogens is 282 g/mol. The summed E-state index contributed by atoms with van der Waals surface area (Å²) >= 11 is 3.42. The van der Waals surface area contributed by atoms with E-state index in [-0.39, 0.29) is 0 Å². The van der Waals surface area contributed by atoms with Crippen LogP contribution in [0.2, 0.25) is 0 Å². The smallest absolute Gasteiger partial charge is 0.310 e. The summed E-state index contributed by atoms with van der Waals surface area (Å²) in [5, 5.41) is 9.07. The molecular formula is C13H18BrNO2. The van der Waals surface area contributed by atoms with Crippen molar-refractivity contribution in [3.05, 3.63) is 34.3 Å². The Morgan fingerprint density at radius 2 is 2.12 bits per heavy atom. The molecule has 1 rings (SSSR count). The highest BCUT2D eigenvalue weighted by Crippen LogP contribution is 2.18. The molecule has 0 heterocycles. The van der Waals surface area contributed by atoms with Crippen LogP contribution in [0.4, 0.5) is 0 Å². The molecule has 0 fully saturated rings. The van der Waals surface area contributed by atoms with Gasteiger partial charge in [-0.2, -0.15) is 0 Å². The Hall–Kier alpha value is -0.870. The second kappa shape index (κ2) is 5.65. The molecule has 1 N–H and O–H groups in total. The number of benzene rings is 1. The first kappa shape index (κ1) is 14.2. The molecule has 0 radical (unpaired) electrons. The van der Waals surface area contributed by atoms with Gasteiger partial charge in [-0.25, -0.2) is 0 Å². The van der Waals surface area contributed by atoms with Crippen LogP contribution in [0.1, 0.15) is 19.4 Å². The van der Waals surface area contributed by atoms with E-state index in [1.807, 2.05) is 36.2 Å². The highest BCUT2D eigenvalue weighted by Gasteiger charge is 2.28. The van der Waals surface area contributed by atoms with Gasteiger partial charge in [0.15, 0.2) is 0 Å². The minimum Gasteiger partial charge on any atom is -0.481 e. The van der Waals surface area contributed by atoms with Crippen molar-refractivity contribution in [3.63, 3.8) is 0 Å². The molecule has 3 nitrogen and oxygen atoms in total. The predicted octanol–water partition coefficient (Wildman–Crippen LogP) is 2.99. The lowest BCUT2D eigenvalue weighted by atomic mass is 9.93. The number of hydrogen-bond donors (Lipinski definition) is 1. The van der Waals surface area contributed by atoms with Crippen LogP contribution < -0.4 is 0 Å². The van der Waals surface area contributed by atoms with Gasteiger partial charge in [-0.1, -0.05) is 28.1 Å². The van der Waals surface area contributed by atoms with Crippen molar-refractivity contribution in [2.75, 3.05) is 13.6 Å². The van der Waals surface area contributed by atoms with Crippen molar-refractivity contribution >= 4 is 21.9 Å². The zero-order valence-corrected chi connectivity index (χ0v) is 12.0. The van der Waals surface area contributed by atoms with E-state index in [4.69, 9.17) is 5.11 Å². The summed E-state index contributed by atoms with van der Waals surface area (Å²) in [6.07, 6.45) is 0. The lowest BCUT2D eigenvalue weighted by molar-refractivity contribution is -0.147. The Kier molecular flexibility index (Phi) is 4.71. The summed E-state index contributed by atoms with van der Waals surface area (Å²) < 4.78 is 1.04.